The first kappa shape index (κ1) is 20.8. The second kappa shape index (κ2) is 8.73. The maximum Gasteiger partial charge on any atom is 0.332 e. The molecule has 0 aliphatic rings. The molecule has 0 saturated carbocycles. The van der Waals surface area contributed by atoms with Crippen molar-refractivity contribution in [2.24, 2.45) is 19.2 Å². The van der Waals surface area contributed by atoms with Gasteiger partial charge in [0.2, 0.25) is 5.95 Å². The largest absolute Gasteiger partial charge is 0.332 e. The van der Waals surface area contributed by atoms with E-state index < -0.39 is 5.69 Å². The number of benzene rings is 2. The third-order valence-electron chi connectivity index (χ3n) is 5.06. The highest BCUT2D eigenvalue weighted by Gasteiger charge is 2.18. The van der Waals surface area contributed by atoms with Crippen molar-refractivity contribution in [3.63, 3.8) is 0 Å². The number of nitrogens with one attached hydrogen (secondary N) is 1. The molecule has 0 spiro atoms. The summed E-state index contributed by atoms with van der Waals surface area (Å²) in [7, 11) is 3.07. The van der Waals surface area contributed by atoms with Gasteiger partial charge in [-0.2, -0.15) is 10.1 Å². The monoisotopic (exact) mass is 480 g/mol. The van der Waals surface area contributed by atoms with Gasteiger partial charge >= 0.3 is 5.69 Å². The molecule has 2 aromatic heterocycles. The molecule has 158 valence electrons. The molecule has 0 amide bonds. The summed E-state index contributed by atoms with van der Waals surface area (Å²) in [6.45, 7) is 0.504. The first-order valence-electron chi connectivity index (χ1n) is 9.70. The number of halogens is 1. The summed E-state index contributed by atoms with van der Waals surface area (Å²) in [5.41, 5.74) is 4.86. The predicted octanol–water partition coefficient (Wildman–Crippen LogP) is 2.88. The van der Waals surface area contributed by atoms with E-state index >= 15 is 0 Å². The van der Waals surface area contributed by atoms with E-state index in [9.17, 15) is 9.59 Å². The molecule has 0 radical (unpaired) electrons. The molecule has 0 atom stereocenters. The standard InChI is InChI=1S/C22H21BrN6O2/c1-27-19-18(20(30)28(2)22(27)31)29(13-12-15-6-4-3-5-7-15)21(25-19)26-24-14-16-8-10-17(23)11-9-16/h3-11,14H,12-13H2,1-2H3,(H,25,26). The van der Waals surface area contributed by atoms with Gasteiger partial charge in [0.15, 0.2) is 11.2 Å². The number of imidazole rings is 1. The number of fused-ring (bicyclic) bond motifs is 1. The molecule has 0 aliphatic heterocycles. The number of aromatic nitrogens is 4. The number of hydrazone groups is 1. The molecular weight excluding hydrogens is 460 g/mol. The molecule has 2 heterocycles. The van der Waals surface area contributed by atoms with Crippen LogP contribution >= 0.6 is 15.9 Å². The number of hydrogen-bond acceptors (Lipinski definition) is 5. The average molecular weight is 481 g/mol. The van der Waals surface area contributed by atoms with Crippen LogP contribution in [0.4, 0.5) is 5.95 Å². The summed E-state index contributed by atoms with van der Waals surface area (Å²) in [5, 5.41) is 4.29. The number of nitrogens with zero attached hydrogens (tertiary/aromatic N) is 5. The van der Waals surface area contributed by atoms with Crippen LogP contribution in [0.2, 0.25) is 0 Å². The average Bonchev–Trinajstić information content (AvgIpc) is 3.15. The maximum atomic E-state index is 12.9. The first-order chi connectivity index (χ1) is 15.0. The van der Waals surface area contributed by atoms with Gasteiger partial charge in [-0.15, -0.1) is 0 Å². The lowest BCUT2D eigenvalue weighted by Gasteiger charge is -2.09. The zero-order valence-electron chi connectivity index (χ0n) is 17.1. The number of hydrogen-bond donors (Lipinski definition) is 1. The van der Waals surface area contributed by atoms with Gasteiger partial charge in [0, 0.05) is 25.1 Å². The molecule has 2 aromatic carbocycles. The molecule has 9 heteroatoms. The van der Waals surface area contributed by atoms with Gasteiger partial charge in [0.25, 0.3) is 5.56 Å². The Morgan fingerprint density at radius 1 is 1.03 bits per heavy atom. The molecule has 4 aromatic rings. The Morgan fingerprint density at radius 3 is 2.45 bits per heavy atom. The minimum absolute atomic E-state index is 0.322. The molecule has 8 nitrogen and oxygen atoms in total. The van der Waals surface area contributed by atoms with Crippen LogP contribution in [-0.2, 0) is 27.1 Å². The smallest absolute Gasteiger partial charge is 0.303 e. The van der Waals surface area contributed by atoms with E-state index in [2.05, 4.69) is 31.4 Å². The number of rotatable bonds is 6. The van der Waals surface area contributed by atoms with E-state index in [0.717, 1.165) is 20.2 Å². The summed E-state index contributed by atoms with van der Waals surface area (Å²) in [6.07, 6.45) is 2.37. The van der Waals surface area contributed by atoms with E-state index in [4.69, 9.17) is 0 Å². The third kappa shape index (κ3) is 4.22. The molecular formula is C22H21BrN6O2. The fourth-order valence-corrected chi connectivity index (χ4v) is 3.61. The minimum Gasteiger partial charge on any atom is -0.303 e. The van der Waals surface area contributed by atoms with Gasteiger partial charge in [0.05, 0.1) is 6.21 Å². The summed E-state index contributed by atoms with van der Waals surface area (Å²) in [6, 6.07) is 17.7. The first-order valence-corrected chi connectivity index (χ1v) is 10.5. The molecule has 4 rings (SSSR count). The van der Waals surface area contributed by atoms with Crippen LogP contribution in [0.5, 0.6) is 0 Å². The van der Waals surface area contributed by atoms with Crippen molar-refractivity contribution in [2.75, 3.05) is 5.43 Å². The van der Waals surface area contributed by atoms with Crippen molar-refractivity contribution in [3.8, 4) is 0 Å². The maximum absolute atomic E-state index is 12.9. The molecule has 0 saturated heterocycles. The predicted molar refractivity (Wildman–Crippen MR) is 126 cm³/mol. The highest BCUT2D eigenvalue weighted by molar-refractivity contribution is 9.10. The Morgan fingerprint density at radius 2 is 1.74 bits per heavy atom. The van der Waals surface area contributed by atoms with E-state index in [1.165, 1.54) is 11.6 Å². The van der Waals surface area contributed by atoms with Crippen LogP contribution in [0.25, 0.3) is 11.2 Å². The summed E-state index contributed by atoms with van der Waals surface area (Å²) < 4.78 is 5.23. The molecule has 0 fully saturated rings. The van der Waals surface area contributed by atoms with Crippen molar-refractivity contribution >= 4 is 39.3 Å². The fraction of sp³-hybridized carbons (Fsp3) is 0.182. The van der Waals surface area contributed by atoms with Crippen molar-refractivity contribution in [2.45, 2.75) is 13.0 Å². The van der Waals surface area contributed by atoms with Crippen LogP contribution in [0.15, 0.2) is 73.8 Å². The highest BCUT2D eigenvalue weighted by Crippen LogP contribution is 2.17. The second-order valence-corrected chi connectivity index (χ2v) is 8.04. The lowest BCUT2D eigenvalue weighted by molar-refractivity contribution is 0.687. The Balaban J connectivity index is 1.74. The van der Waals surface area contributed by atoms with Crippen molar-refractivity contribution < 1.29 is 0 Å². The third-order valence-corrected chi connectivity index (χ3v) is 5.59. The Hall–Kier alpha value is -3.46. The van der Waals surface area contributed by atoms with E-state index in [-0.39, 0.29) is 5.56 Å². The Bertz CT molecular complexity index is 1370. The van der Waals surface area contributed by atoms with E-state index in [1.807, 2.05) is 54.6 Å². The van der Waals surface area contributed by atoms with Crippen LogP contribution in [0.3, 0.4) is 0 Å². The second-order valence-electron chi connectivity index (χ2n) is 7.12. The van der Waals surface area contributed by atoms with Crippen molar-refractivity contribution in [3.05, 3.63) is 91.0 Å². The van der Waals surface area contributed by atoms with Crippen molar-refractivity contribution in [1.29, 1.82) is 0 Å². The SMILES string of the molecule is Cn1c(=O)c2c(nc(NN=Cc3ccc(Br)cc3)n2CCc2ccccc2)n(C)c1=O. The van der Waals surface area contributed by atoms with Gasteiger partial charge in [-0.25, -0.2) is 10.2 Å². The number of anilines is 1. The van der Waals surface area contributed by atoms with Crippen LogP contribution in [-0.4, -0.2) is 24.9 Å². The summed E-state index contributed by atoms with van der Waals surface area (Å²) in [4.78, 5) is 29.8. The van der Waals surface area contributed by atoms with Crippen molar-refractivity contribution in [1.82, 2.24) is 18.7 Å². The van der Waals surface area contributed by atoms with Gasteiger partial charge in [0.1, 0.15) is 0 Å². The van der Waals surface area contributed by atoms with Gasteiger partial charge in [-0.3, -0.25) is 13.9 Å². The summed E-state index contributed by atoms with van der Waals surface area (Å²) >= 11 is 3.41. The van der Waals surface area contributed by atoms with Gasteiger partial charge in [-0.1, -0.05) is 58.4 Å². The lowest BCUT2D eigenvalue weighted by atomic mass is 10.1. The van der Waals surface area contributed by atoms with Crippen LogP contribution in [0, 0.1) is 0 Å². The quantitative estimate of drug-likeness (QED) is 0.339. The summed E-state index contributed by atoms with van der Waals surface area (Å²) in [5.74, 6) is 0.401. The topological polar surface area (TPSA) is 86.2 Å². The van der Waals surface area contributed by atoms with Crippen LogP contribution < -0.4 is 16.7 Å². The zero-order chi connectivity index (χ0) is 22.0. The molecule has 0 bridgehead atoms. The fourth-order valence-electron chi connectivity index (χ4n) is 3.35. The van der Waals surface area contributed by atoms with Crippen LogP contribution in [0.1, 0.15) is 11.1 Å². The zero-order valence-corrected chi connectivity index (χ0v) is 18.7. The molecule has 0 unspecified atom stereocenters. The molecule has 1 N–H and O–H groups in total. The van der Waals surface area contributed by atoms with Gasteiger partial charge < -0.3 is 4.57 Å². The van der Waals surface area contributed by atoms with E-state index in [0.29, 0.717) is 30.1 Å². The minimum atomic E-state index is -0.421. The normalized spacial score (nSPS) is 11.5. The van der Waals surface area contributed by atoms with Gasteiger partial charge in [-0.05, 0) is 29.7 Å². The molecule has 31 heavy (non-hydrogen) atoms. The lowest BCUT2D eigenvalue weighted by Crippen LogP contribution is -2.37. The van der Waals surface area contributed by atoms with E-state index in [1.54, 1.807) is 17.8 Å². The number of aryl methyl sites for hydroxylation is 3. The highest BCUT2D eigenvalue weighted by atomic mass is 79.9. The molecule has 0 aliphatic carbocycles. The Labute approximate surface area is 186 Å². The Kier molecular flexibility index (Phi) is 5.85.